The van der Waals surface area contributed by atoms with E-state index in [1.807, 2.05) is 0 Å². The summed E-state index contributed by atoms with van der Waals surface area (Å²) < 4.78 is 0.839. The quantitative estimate of drug-likeness (QED) is 0.545. The predicted molar refractivity (Wildman–Crippen MR) is 56.0 cm³/mol. The Balaban J connectivity index is 2.12. The molecule has 2 bridgehead atoms. The third-order valence-electron chi connectivity index (χ3n) is 2.58. The number of nitrogens with zero attached hydrogens (tertiary/aromatic N) is 2. The standard InChI is InChI=1S/C9H13BrN2O/c1-13-11-9(10)8-4-7-2-3-12(5-7)6-8/h4,7H,2-3,5-6H2,1H3/b11-9-. The van der Waals surface area contributed by atoms with Gasteiger partial charge in [-0.2, -0.15) is 0 Å². The lowest BCUT2D eigenvalue weighted by molar-refractivity contribution is 0.214. The average molecular weight is 245 g/mol. The van der Waals surface area contributed by atoms with Crippen LogP contribution >= 0.6 is 15.9 Å². The first kappa shape index (κ1) is 9.21. The normalized spacial score (nSPS) is 33.1. The maximum atomic E-state index is 4.73. The molecule has 13 heavy (non-hydrogen) atoms. The Bertz CT molecular complexity index is 262. The van der Waals surface area contributed by atoms with Gasteiger partial charge in [-0.05, 0) is 40.4 Å². The Labute approximate surface area is 86.5 Å². The highest BCUT2D eigenvalue weighted by Gasteiger charge is 2.27. The molecule has 2 aliphatic heterocycles. The Hall–Kier alpha value is -0.350. The van der Waals surface area contributed by atoms with Gasteiger partial charge >= 0.3 is 0 Å². The van der Waals surface area contributed by atoms with E-state index in [1.54, 1.807) is 7.11 Å². The van der Waals surface area contributed by atoms with Crippen LogP contribution in [0.1, 0.15) is 6.42 Å². The molecule has 0 saturated carbocycles. The van der Waals surface area contributed by atoms with E-state index in [9.17, 15) is 0 Å². The number of hydrogen-bond acceptors (Lipinski definition) is 3. The van der Waals surface area contributed by atoms with E-state index >= 15 is 0 Å². The molecule has 0 aromatic heterocycles. The number of halogens is 1. The monoisotopic (exact) mass is 244 g/mol. The zero-order chi connectivity index (χ0) is 9.26. The molecular weight excluding hydrogens is 232 g/mol. The van der Waals surface area contributed by atoms with Gasteiger partial charge in [-0.25, -0.2) is 0 Å². The second kappa shape index (κ2) is 3.80. The number of oxime groups is 1. The topological polar surface area (TPSA) is 24.8 Å². The van der Waals surface area contributed by atoms with E-state index in [-0.39, 0.29) is 0 Å². The first-order chi connectivity index (χ1) is 6.29. The summed E-state index contributed by atoms with van der Waals surface area (Å²) in [6, 6.07) is 0. The molecule has 3 nitrogen and oxygen atoms in total. The van der Waals surface area contributed by atoms with Crippen LogP contribution < -0.4 is 0 Å². The minimum Gasteiger partial charge on any atom is -0.398 e. The summed E-state index contributed by atoms with van der Waals surface area (Å²) in [6.07, 6.45) is 3.60. The van der Waals surface area contributed by atoms with Gasteiger partial charge in [0.05, 0.1) is 0 Å². The fourth-order valence-corrected chi connectivity index (χ4v) is 2.40. The fourth-order valence-electron chi connectivity index (χ4n) is 1.99. The summed E-state index contributed by atoms with van der Waals surface area (Å²) in [6.45, 7) is 3.44. The number of hydrogen-bond donors (Lipinski definition) is 0. The third-order valence-corrected chi connectivity index (χ3v) is 3.23. The zero-order valence-corrected chi connectivity index (χ0v) is 9.25. The second-order valence-electron chi connectivity index (χ2n) is 3.54. The SMILES string of the molecule is CO/N=C(\Br)C1=CC2CCN(C1)C2. The van der Waals surface area contributed by atoms with E-state index in [1.165, 1.54) is 25.1 Å². The molecule has 2 rings (SSSR count). The third kappa shape index (κ3) is 1.94. The van der Waals surface area contributed by atoms with Crippen molar-refractivity contribution in [3.05, 3.63) is 11.6 Å². The van der Waals surface area contributed by atoms with Gasteiger partial charge in [0, 0.05) is 13.1 Å². The molecule has 2 unspecified atom stereocenters. The Morgan fingerprint density at radius 3 is 3.31 bits per heavy atom. The molecule has 0 aliphatic carbocycles. The van der Waals surface area contributed by atoms with Crippen LogP contribution in [0.25, 0.3) is 0 Å². The van der Waals surface area contributed by atoms with Crippen molar-refractivity contribution in [2.75, 3.05) is 26.7 Å². The van der Waals surface area contributed by atoms with Crippen LogP contribution in [0.5, 0.6) is 0 Å². The van der Waals surface area contributed by atoms with Crippen LogP contribution in [-0.4, -0.2) is 36.3 Å². The van der Waals surface area contributed by atoms with Crippen LogP contribution in [0, 0.1) is 5.92 Å². The molecular formula is C9H13BrN2O. The summed E-state index contributed by atoms with van der Waals surface area (Å²) in [5.74, 6) is 0.725. The van der Waals surface area contributed by atoms with Crippen molar-refractivity contribution in [3.8, 4) is 0 Å². The molecule has 1 saturated heterocycles. The summed E-state index contributed by atoms with van der Waals surface area (Å²) in [4.78, 5) is 7.18. The maximum absolute atomic E-state index is 4.73. The summed E-state index contributed by atoms with van der Waals surface area (Å²) in [5.41, 5.74) is 1.26. The van der Waals surface area contributed by atoms with Crippen molar-refractivity contribution in [3.63, 3.8) is 0 Å². The van der Waals surface area contributed by atoms with Crippen molar-refractivity contribution < 1.29 is 4.84 Å². The lowest BCUT2D eigenvalue weighted by Gasteiger charge is -2.21. The minimum absolute atomic E-state index is 0.725. The van der Waals surface area contributed by atoms with Gasteiger partial charge in [0.2, 0.25) is 0 Å². The van der Waals surface area contributed by atoms with E-state index in [2.05, 4.69) is 32.1 Å². The summed E-state index contributed by atoms with van der Waals surface area (Å²) in [5, 5.41) is 3.88. The van der Waals surface area contributed by atoms with Crippen molar-refractivity contribution in [2.24, 2.45) is 11.1 Å². The van der Waals surface area contributed by atoms with Gasteiger partial charge in [0.25, 0.3) is 0 Å². The first-order valence-electron chi connectivity index (χ1n) is 4.49. The van der Waals surface area contributed by atoms with Gasteiger partial charge in [-0.15, -0.1) is 0 Å². The van der Waals surface area contributed by atoms with Gasteiger partial charge < -0.3 is 4.84 Å². The van der Waals surface area contributed by atoms with Crippen molar-refractivity contribution >= 4 is 20.6 Å². The van der Waals surface area contributed by atoms with Crippen molar-refractivity contribution in [1.82, 2.24) is 4.90 Å². The van der Waals surface area contributed by atoms with Crippen LogP contribution in [0.15, 0.2) is 16.8 Å². The molecule has 2 heterocycles. The molecule has 72 valence electrons. The van der Waals surface area contributed by atoms with Gasteiger partial charge in [0.1, 0.15) is 11.7 Å². The minimum atomic E-state index is 0.725. The van der Waals surface area contributed by atoms with Crippen molar-refractivity contribution in [1.29, 1.82) is 0 Å². The Morgan fingerprint density at radius 1 is 1.77 bits per heavy atom. The molecule has 0 aromatic carbocycles. The van der Waals surface area contributed by atoms with Gasteiger partial charge in [0.15, 0.2) is 0 Å². The Morgan fingerprint density at radius 2 is 2.62 bits per heavy atom. The van der Waals surface area contributed by atoms with Gasteiger partial charge in [-0.1, -0.05) is 11.2 Å². The average Bonchev–Trinajstić information content (AvgIpc) is 2.46. The Kier molecular flexibility index (Phi) is 2.69. The molecule has 0 radical (unpaired) electrons. The molecule has 1 fully saturated rings. The zero-order valence-electron chi connectivity index (χ0n) is 7.66. The molecule has 0 aromatic rings. The van der Waals surface area contributed by atoms with Crippen LogP contribution in [0.4, 0.5) is 0 Å². The maximum Gasteiger partial charge on any atom is 0.149 e. The summed E-state index contributed by atoms with van der Waals surface area (Å²) in [7, 11) is 1.57. The van der Waals surface area contributed by atoms with Crippen molar-refractivity contribution in [2.45, 2.75) is 6.42 Å². The molecule has 2 aliphatic rings. The van der Waals surface area contributed by atoms with E-state index < -0.39 is 0 Å². The van der Waals surface area contributed by atoms with Crippen LogP contribution in [0.2, 0.25) is 0 Å². The lowest BCUT2D eigenvalue weighted by atomic mass is 10.0. The second-order valence-corrected chi connectivity index (χ2v) is 4.29. The highest BCUT2D eigenvalue weighted by molar-refractivity contribution is 9.18. The first-order valence-corrected chi connectivity index (χ1v) is 5.29. The van der Waals surface area contributed by atoms with E-state index in [4.69, 9.17) is 4.84 Å². The molecule has 4 heteroatoms. The van der Waals surface area contributed by atoms with E-state index in [0.29, 0.717) is 0 Å². The molecule has 0 N–H and O–H groups in total. The highest BCUT2D eigenvalue weighted by atomic mass is 79.9. The number of rotatable bonds is 2. The van der Waals surface area contributed by atoms with Crippen LogP contribution in [-0.2, 0) is 4.84 Å². The predicted octanol–water partition coefficient (Wildman–Crippen LogP) is 1.60. The molecule has 2 atom stereocenters. The van der Waals surface area contributed by atoms with E-state index in [0.717, 1.165) is 17.1 Å². The number of fused-ring (bicyclic) bond motifs is 2. The van der Waals surface area contributed by atoms with Gasteiger partial charge in [-0.3, -0.25) is 4.90 Å². The largest absolute Gasteiger partial charge is 0.398 e. The molecule has 0 amide bonds. The lowest BCUT2D eigenvalue weighted by Crippen LogP contribution is -2.28. The van der Waals surface area contributed by atoms with Crippen LogP contribution in [0.3, 0.4) is 0 Å². The highest BCUT2D eigenvalue weighted by Crippen LogP contribution is 2.26. The fraction of sp³-hybridized carbons (Fsp3) is 0.667. The smallest absolute Gasteiger partial charge is 0.149 e. The molecule has 0 spiro atoms. The summed E-state index contributed by atoms with van der Waals surface area (Å²) >= 11 is 3.41.